The molecule has 4 heteroatoms. The summed E-state index contributed by atoms with van der Waals surface area (Å²) in [6.07, 6.45) is 2.97. The third-order valence-corrected chi connectivity index (χ3v) is 4.76. The predicted molar refractivity (Wildman–Crippen MR) is 68.8 cm³/mol. The molecule has 1 saturated carbocycles. The van der Waals surface area contributed by atoms with Gasteiger partial charge in [-0.25, -0.2) is 4.39 Å². The maximum absolute atomic E-state index is 13.1. The molecule has 0 spiro atoms. The van der Waals surface area contributed by atoms with E-state index >= 15 is 0 Å². The van der Waals surface area contributed by atoms with E-state index in [0.717, 1.165) is 24.2 Å². The highest BCUT2D eigenvalue weighted by molar-refractivity contribution is 8.00. The third kappa shape index (κ3) is 3.00. The van der Waals surface area contributed by atoms with Gasteiger partial charge in [-0.1, -0.05) is 6.07 Å². The number of hydrogen-bond donors (Lipinski definition) is 2. The van der Waals surface area contributed by atoms with Gasteiger partial charge in [-0.05, 0) is 44.5 Å². The Balaban J connectivity index is 1.98. The SMILES string of the molecule is CNC1(CO)CCC(Sc2cccc(F)c2)C1. The highest BCUT2D eigenvalue weighted by Gasteiger charge is 2.37. The van der Waals surface area contributed by atoms with Crippen molar-refractivity contribution in [3.63, 3.8) is 0 Å². The molecule has 1 aliphatic carbocycles. The molecule has 0 amide bonds. The van der Waals surface area contributed by atoms with Crippen LogP contribution in [-0.2, 0) is 0 Å². The molecule has 0 aromatic heterocycles. The Bertz CT molecular complexity index is 381. The average molecular weight is 255 g/mol. The summed E-state index contributed by atoms with van der Waals surface area (Å²) < 4.78 is 13.1. The molecular weight excluding hydrogens is 237 g/mol. The van der Waals surface area contributed by atoms with E-state index in [0.29, 0.717) is 5.25 Å². The lowest BCUT2D eigenvalue weighted by Crippen LogP contribution is -2.44. The number of thioether (sulfide) groups is 1. The maximum atomic E-state index is 13.1. The van der Waals surface area contributed by atoms with Gasteiger partial charge in [0.25, 0.3) is 0 Å². The fourth-order valence-corrected chi connectivity index (χ4v) is 3.72. The minimum atomic E-state index is -0.185. The Morgan fingerprint density at radius 2 is 2.41 bits per heavy atom. The summed E-state index contributed by atoms with van der Waals surface area (Å²) in [6, 6.07) is 6.71. The first-order valence-corrected chi connectivity index (χ1v) is 6.77. The Labute approximate surface area is 106 Å². The molecule has 1 aromatic carbocycles. The molecule has 0 heterocycles. The van der Waals surface area contributed by atoms with Crippen molar-refractivity contribution in [2.45, 2.75) is 34.9 Å². The lowest BCUT2D eigenvalue weighted by atomic mass is 10.00. The van der Waals surface area contributed by atoms with E-state index in [9.17, 15) is 9.50 Å². The van der Waals surface area contributed by atoms with Gasteiger partial charge < -0.3 is 10.4 Å². The van der Waals surface area contributed by atoms with E-state index in [1.807, 2.05) is 13.1 Å². The van der Waals surface area contributed by atoms with Crippen LogP contribution in [0.1, 0.15) is 19.3 Å². The first kappa shape index (κ1) is 12.9. The van der Waals surface area contributed by atoms with Crippen molar-refractivity contribution in [2.24, 2.45) is 0 Å². The standard InChI is InChI=1S/C13H18FNOS/c1-15-13(9-16)6-5-12(8-13)17-11-4-2-3-10(14)7-11/h2-4,7,12,15-16H,5-6,8-9H2,1H3. The van der Waals surface area contributed by atoms with Crippen molar-refractivity contribution >= 4 is 11.8 Å². The van der Waals surface area contributed by atoms with Crippen LogP contribution < -0.4 is 5.32 Å². The van der Waals surface area contributed by atoms with Crippen LogP contribution in [0.3, 0.4) is 0 Å². The van der Waals surface area contributed by atoms with Gasteiger partial charge in [0.05, 0.1) is 6.61 Å². The van der Waals surface area contributed by atoms with E-state index < -0.39 is 0 Å². The molecule has 1 aliphatic rings. The average Bonchev–Trinajstić information content (AvgIpc) is 2.73. The fraction of sp³-hybridized carbons (Fsp3) is 0.538. The summed E-state index contributed by atoms with van der Waals surface area (Å²) in [5.74, 6) is -0.185. The Morgan fingerprint density at radius 3 is 3.00 bits per heavy atom. The Hall–Kier alpha value is -0.580. The number of hydrogen-bond acceptors (Lipinski definition) is 3. The van der Waals surface area contributed by atoms with Crippen molar-refractivity contribution in [3.8, 4) is 0 Å². The summed E-state index contributed by atoms with van der Waals surface area (Å²) in [5.41, 5.74) is -0.134. The quantitative estimate of drug-likeness (QED) is 0.866. The molecule has 0 bridgehead atoms. The molecule has 94 valence electrons. The molecule has 2 nitrogen and oxygen atoms in total. The smallest absolute Gasteiger partial charge is 0.124 e. The number of rotatable bonds is 4. The van der Waals surface area contributed by atoms with Crippen molar-refractivity contribution in [3.05, 3.63) is 30.1 Å². The van der Waals surface area contributed by atoms with Crippen molar-refractivity contribution < 1.29 is 9.50 Å². The normalized spacial score (nSPS) is 28.5. The second kappa shape index (κ2) is 5.38. The van der Waals surface area contributed by atoms with Crippen LogP contribution in [0, 0.1) is 5.82 Å². The van der Waals surface area contributed by atoms with Crippen LogP contribution in [0.2, 0.25) is 0 Å². The van der Waals surface area contributed by atoms with Gasteiger partial charge in [0.15, 0.2) is 0 Å². The first-order valence-electron chi connectivity index (χ1n) is 5.89. The van der Waals surface area contributed by atoms with Crippen LogP contribution >= 0.6 is 11.8 Å². The summed E-state index contributed by atoms with van der Waals surface area (Å²) >= 11 is 1.71. The largest absolute Gasteiger partial charge is 0.394 e. The van der Waals surface area contributed by atoms with Gasteiger partial charge in [0.2, 0.25) is 0 Å². The summed E-state index contributed by atoms with van der Waals surface area (Å²) in [4.78, 5) is 0.972. The van der Waals surface area contributed by atoms with Gasteiger partial charge in [0.1, 0.15) is 5.82 Å². The molecule has 2 atom stereocenters. The molecule has 0 radical (unpaired) electrons. The number of likely N-dealkylation sites (N-methyl/N-ethyl adjacent to an activating group) is 1. The monoisotopic (exact) mass is 255 g/mol. The molecule has 0 saturated heterocycles. The summed E-state index contributed by atoms with van der Waals surface area (Å²) in [7, 11) is 1.89. The van der Waals surface area contributed by atoms with Crippen molar-refractivity contribution in [1.82, 2.24) is 5.32 Å². The second-order valence-corrected chi connectivity index (χ2v) is 6.00. The molecule has 17 heavy (non-hydrogen) atoms. The van der Waals surface area contributed by atoms with Crippen LogP contribution in [0.4, 0.5) is 4.39 Å². The van der Waals surface area contributed by atoms with Gasteiger partial charge in [0, 0.05) is 15.7 Å². The van der Waals surface area contributed by atoms with Gasteiger partial charge >= 0.3 is 0 Å². The molecular formula is C13H18FNOS. The Kier molecular flexibility index (Phi) is 4.07. The molecule has 1 fully saturated rings. The third-order valence-electron chi connectivity index (χ3n) is 3.50. The van der Waals surface area contributed by atoms with Crippen LogP contribution in [0.15, 0.2) is 29.2 Å². The summed E-state index contributed by atoms with van der Waals surface area (Å²) in [5, 5.41) is 13.1. The Morgan fingerprint density at radius 1 is 1.59 bits per heavy atom. The number of aliphatic hydroxyl groups excluding tert-OH is 1. The predicted octanol–water partition coefficient (Wildman–Crippen LogP) is 2.42. The number of aliphatic hydroxyl groups is 1. The van der Waals surface area contributed by atoms with E-state index in [4.69, 9.17) is 0 Å². The fourth-order valence-electron chi connectivity index (χ4n) is 2.36. The lowest BCUT2D eigenvalue weighted by Gasteiger charge is -2.26. The molecule has 1 aromatic rings. The lowest BCUT2D eigenvalue weighted by molar-refractivity contribution is 0.173. The highest BCUT2D eigenvalue weighted by atomic mass is 32.2. The minimum Gasteiger partial charge on any atom is -0.394 e. The highest BCUT2D eigenvalue weighted by Crippen LogP contribution is 2.39. The molecule has 2 unspecified atom stereocenters. The molecule has 0 aliphatic heterocycles. The van der Waals surface area contributed by atoms with Crippen LogP contribution in [0.5, 0.6) is 0 Å². The van der Waals surface area contributed by atoms with Gasteiger partial charge in [-0.15, -0.1) is 11.8 Å². The zero-order valence-corrected chi connectivity index (χ0v) is 10.8. The number of halogens is 1. The van der Waals surface area contributed by atoms with E-state index in [1.165, 1.54) is 6.07 Å². The van der Waals surface area contributed by atoms with Crippen molar-refractivity contribution in [1.29, 1.82) is 0 Å². The second-order valence-electron chi connectivity index (χ2n) is 4.63. The number of benzene rings is 1. The topological polar surface area (TPSA) is 32.3 Å². The van der Waals surface area contributed by atoms with Crippen LogP contribution in [-0.4, -0.2) is 29.5 Å². The maximum Gasteiger partial charge on any atom is 0.124 e. The molecule has 2 rings (SSSR count). The minimum absolute atomic E-state index is 0.134. The zero-order chi connectivity index (χ0) is 12.3. The van der Waals surface area contributed by atoms with Gasteiger partial charge in [-0.3, -0.25) is 0 Å². The van der Waals surface area contributed by atoms with E-state index in [1.54, 1.807) is 23.9 Å². The number of nitrogens with one attached hydrogen (secondary N) is 1. The van der Waals surface area contributed by atoms with E-state index in [2.05, 4.69) is 5.32 Å². The summed E-state index contributed by atoms with van der Waals surface area (Å²) in [6.45, 7) is 0.170. The van der Waals surface area contributed by atoms with Crippen LogP contribution in [0.25, 0.3) is 0 Å². The van der Waals surface area contributed by atoms with E-state index in [-0.39, 0.29) is 18.0 Å². The molecule has 2 N–H and O–H groups in total. The van der Waals surface area contributed by atoms with Gasteiger partial charge in [-0.2, -0.15) is 0 Å². The zero-order valence-electron chi connectivity index (χ0n) is 9.95. The van der Waals surface area contributed by atoms with Crippen molar-refractivity contribution in [2.75, 3.05) is 13.7 Å². The first-order chi connectivity index (χ1) is 8.17.